The molecule has 0 aliphatic heterocycles. The SMILES string of the molecule is Cc1ccccc1NC(=O)CSc1ccc(C(C)O)cc1. The number of carbonyl (C=O) groups is 1. The molecule has 2 rings (SSSR count). The molecular formula is C17H19NO2S. The quantitative estimate of drug-likeness (QED) is 0.826. The number of carbonyl (C=O) groups excluding carboxylic acids is 1. The summed E-state index contributed by atoms with van der Waals surface area (Å²) >= 11 is 1.48. The summed E-state index contributed by atoms with van der Waals surface area (Å²) in [5.74, 6) is 0.344. The highest BCUT2D eigenvalue weighted by molar-refractivity contribution is 8.00. The van der Waals surface area contributed by atoms with Crippen LogP contribution in [0.3, 0.4) is 0 Å². The second-order valence-corrected chi connectivity index (χ2v) is 5.95. The lowest BCUT2D eigenvalue weighted by Gasteiger charge is -2.08. The lowest BCUT2D eigenvalue weighted by atomic mass is 10.1. The molecule has 3 nitrogen and oxygen atoms in total. The Morgan fingerprint density at radius 2 is 1.86 bits per heavy atom. The van der Waals surface area contributed by atoms with E-state index in [0.29, 0.717) is 5.75 Å². The van der Waals surface area contributed by atoms with E-state index >= 15 is 0 Å². The Hall–Kier alpha value is -1.78. The fourth-order valence-electron chi connectivity index (χ4n) is 1.89. The zero-order valence-corrected chi connectivity index (χ0v) is 13.0. The summed E-state index contributed by atoms with van der Waals surface area (Å²) in [5.41, 5.74) is 2.79. The predicted molar refractivity (Wildman–Crippen MR) is 87.6 cm³/mol. The molecule has 4 heteroatoms. The van der Waals surface area contributed by atoms with Crippen molar-refractivity contribution in [2.75, 3.05) is 11.1 Å². The molecule has 0 spiro atoms. The average Bonchev–Trinajstić information content (AvgIpc) is 2.48. The maximum atomic E-state index is 11.9. The molecule has 1 unspecified atom stereocenters. The zero-order valence-electron chi connectivity index (χ0n) is 12.2. The minimum atomic E-state index is -0.464. The van der Waals surface area contributed by atoms with E-state index in [0.717, 1.165) is 21.7 Å². The first-order chi connectivity index (χ1) is 10.1. The van der Waals surface area contributed by atoms with Crippen LogP contribution < -0.4 is 5.32 Å². The third kappa shape index (κ3) is 4.62. The van der Waals surface area contributed by atoms with Crippen molar-refractivity contribution in [2.24, 2.45) is 0 Å². The van der Waals surface area contributed by atoms with E-state index in [2.05, 4.69) is 5.32 Å². The molecule has 0 aliphatic carbocycles. The van der Waals surface area contributed by atoms with Gasteiger partial charge in [-0.1, -0.05) is 30.3 Å². The van der Waals surface area contributed by atoms with Crippen LogP contribution in [0.15, 0.2) is 53.4 Å². The molecule has 0 saturated carbocycles. The number of aliphatic hydroxyl groups is 1. The number of aliphatic hydroxyl groups excluding tert-OH is 1. The normalized spacial score (nSPS) is 12.0. The molecule has 110 valence electrons. The summed E-state index contributed by atoms with van der Waals surface area (Å²) in [5, 5.41) is 12.4. The number of para-hydroxylation sites is 1. The molecule has 21 heavy (non-hydrogen) atoms. The molecule has 0 aromatic heterocycles. The van der Waals surface area contributed by atoms with Crippen molar-refractivity contribution in [3.8, 4) is 0 Å². The third-order valence-electron chi connectivity index (χ3n) is 3.15. The fraction of sp³-hybridized carbons (Fsp3) is 0.235. The van der Waals surface area contributed by atoms with E-state index in [1.807, 2.05) is 55.5 Å². The Kier molecular flexibility index (Phi) is 5.42. The minimum Gasteiger partial charge on any atom is -0.389 e. The Balaban J connectivity index is 1.88. The highest BCUT2D eigenvalue weighted by Gasteiger charge is 2.06. The molecule has 2 aromatic carbocycles. The van der Waals surface area contributed by atoms with E-state index < -0.39 is 6.10 Å². The van der Waals surface area contributed by atoms with Crippen molar-refractivity contribution in [2.45, 2.75) is 24.8 Å². The Morgan fingerprint density at radius 1 is 1.19 bits per heavy atom. The van der Waals surface area contributed by atoms with Gasteiger partial charge in [0.05, 0.1) is 11.9 Å². The highest BCUT2D eigenvalue weighted by Crippen LogP contribution is 2.21. The number of aryl methyl sites for hydroxylation is 1. The first-order valence-electron chi connectivity index (χ1n) is 6.82. The maximum Gasteiger partial charge on any atom is 0.234 e. The molecule has 1 amide bonds. The Morgan fingerprint density at radius 3 is 2.48 bits per heavy atom. The molecule has 0 saturated heterocycles. The number of nitrogens with one attached hydrogen (secondary N) is 1. The second-order valence-electron chi connectivity index (χ2n) is 4.90. The monoisotopic (exact) mass is 301 g/mol. The number of benzene rings is 2. The summed E-state index contributed by atoms with van der Waals surface area (Å²) < 4.78 is 0. The van der Waals surface area contributed by atoms with Crippen molar-refractivity contribution in [3.05, 3.63) is 59.7 Å². The van der Waals surface area contributed by atoms with Crippen molar-refractivity contribution in [3.63, 3.8) is 0 Å². The van der Waals surface area contributed by atoms with E-state index in [9.17, 15) is 9.90 Å². The van der Waals surface area contributed by atoms with Crippen LogP contribution >= 0.6 is 11.8 Å². The van der Waals surface area contributed by atoms with Crippen LogP contribution in [-0.2, 0) is 4.79 Å². The molecule has 2 N–H and O–H groups in total. The summed E-state index contributed by atoms with van der Waals surface area (Å²) in [6, 6.07) is 15.3. The number of anilines is 1. The van der Waals surface area contributed by atoms with Crippen LogP contribution in [-0.4, -0.2) is 16.8 Å². The fourth-order valence-corrected chi connectivity index (χ4v) is 2.59. The number of rotatable bonds is 5. The average molecular weight is 301 g/mol. The van der Waals surface area contributed by atoms with E-state index in [4.69, 9.17) is 0 Å². The van der Waals surface area contributed by atoms with Gasteiger partial charge in [-0.2, -0.15) is 0 Å². The molecule has 2 aromatic rings. The van der Waals surface area contributed by atoms with Crippen LogP contribution in [0.5, 0.6) is 0 Å². The van der Waals surface area contributed by atoms with Gasteiger partial charge in [-0.05, 0) is 43.2 Å². The van der Waals surface area contributed by atoms with Gasteiger partial charge in [-0.15, -0.1) is 11.8 Å². The lowest BCUT2D eigenvalue weighted by molar-refractivity contribution is -0.113. The molecule has 1 atom stereocenters. The number of hydrogen-bond acceptors (Lipinski definition) is 3. The van der Waals surface area contributed by atoms with Gasteiger partial charge < -0.3 is 10.4 Å². The van der Waals surface area contributed by atoms with Crippen LogP contribution in [0.4, 0.5) is 5.69 Å². The first kappa shape index (κ1) is 15.6. The van der Waals surface area contributed by atoms with Gasteiger partial charge in [0, 0.05) is 10.6 Å². The summed E-state index contributed by atoms with van der Waals surface area (Å²) in [4.78, 5) is 13.0. The summed E-state index contributed by atoms with van der Waals surface area (Å²) in [7, 11) is 0. The molecule has 0 bridgehead atoms. The third-order valence-corrected chi connectivity index (χ3v) is 4.16. The van der Waals surface area contributed by atoms with Gasteiger partial charge in [0.2, 0.25) is 5.91 Å². The highest BCUT2D eigenvalue weighted by atomic mass is 32.2. The summed E-state index contributed by atoms with van der Waals surface area (Å²) in [6.45, 7) is 3.70. The molecule has 0 heterocycles. The minimum absolute atomic E-state index is 0.0195. The van der Waals surface area contributed by atoms with Gasteiger partial charge in [0.25, 0.3) is 0 Å². The van der Waals surface area contributed by atoms with Crippen LogP contribution in [0, 0.1) is 6.92 Å². The van der Waals surface area contributed by atoms with E-state index in [-0.39, 0.29) is 5.91 Å². The number of hydrogen-bond donors (Lipinski definition) is 2. The van der Waals surface area contributed by atoms with Crippen molar-refractivity contribution in [1.82, 2.24) is 0 Å². The largest absolute Gasteiger partial charge is 0.389 e. The van der Waals surface area contributed by atoms with E-state index in [1.54, 1.807) is 6.92 Å². The standard InChI is InChI=1S/C17H19NO2S/c1-12-5-3-4-6-16(12)18-17(20)11-21-15-9-7-14(8-10-15)13(2)19/h3-10,13,19H,11H2,1-2H3,(H,18,20). The van der Waals surface area contributed by atoms with Gasteiger partial charge >= 0.3 is 0 Å². The number of amides is 1. The summed E-state index contributed by atoms with van der Waals surface area (Å²) in [6.07, 6.45) is -0.464. The van der Waals surface area contributed by atoms with Gasteiger partial charge in [0.1, 0.15) is 0 Å². The van der Waals surface area contributed by atoms with Crippen LogP contribution in [0.1, 0.15) is 24.2 Å². The smallest absolute Gasteiger partial charge is 0.234 e. The van der Waals surface area contributed by atoms with Crippen LogP contribution in [0.2, 0.25) is 0 Å². The first-order valence-corrected chi connectivity index (χ1v) is 7.81. The maximum absolute atomic E-state index is 11.9. The zero-order chi connectivity index (χ0) is 15.2. The van der Waals surface area contributed by atoms with Gasteiger partial charge in [-0.3, -0.25) is 4.79 Å². The molecule has 0 aliphatic rings. The second kappa shape index (κ2) is 7.29. The van der Waals surface area contributed by atoms with Crippen molar-refractivity contribution >= 4 is 23.4 Å². The topological polar surface area (TPSA) is 49.3 Å². The lowest BCUT2D eigenvalue weighted by Crippen LogP contribution is -2.14. The van der Waals surface area contributed by atoms with E-state index in [1.165, 1.54) is 11.8 Å². The Bertz CT molecular complexity index is 608. The molecule has 0 radical (unpaired) electrons. The van der Waals surface area contributed by atoms with Crippen molar-refractivity contribution < 1.29 is 9.90 Å². The predicted octanol–water partition coefficient (Wildman–Crippen LogP) is 3.78. The Labute approximate surface area is 129 Å². The number of thioether (sulfide) groups is 1. The van der Waals surface area contributed by atoms with Crippen LogP contribution in [0.25, 0.3) is 0 Å². The van der Waals surface area contributed by atoms with Gasteiger partial charge in [-0.25, -0.2) is 0 Å². The van der Waals surface area contributed by atoms with Gasteiger partial charge in [0.15, 0.2) is 0 Å². The van der Waals surface area contributed by atoms with Crippen molar-refractivity contribution in [1.29, 1.82) is 0 Å². The molecular weight excluding hydrogens is 282 g/mol. The molecule has 0 fully saturated rings.